The fraction of sp³-hybridized carbons (Fsp3) is 1.00. The van der Waals surface area contributed by atoms with E-state index in [1.54, 1.807) is 0 Å². The molecule has 0 saturated heterocycles. The van der Waals surface area contributed by atoms with Crippen LogP contribution in [-0.4, -0.2) is 5.48 Å². The summed E-state index contributed by atoms with van der Waals surface area (Å²) >= 11 is 0. The molecule has 2 N–H and O–H groups in total. The Morgan fingerprint density at radius 1 is 1.62 bits per heavy atom. The van der Waals surface area contributed by atoms with Gasteiger partial charge in [-0.15, -0.1) is 0 Å². The molecule has 1 aliphatic rings. The highest BCUT2D eigenvalue weighted by Crippen LogP contribution is 2.53. The van der Waals surface area contributed by atoms with E-state index in [1.807, 2.05) is 0 Å². The predicted molar refractivity (Wildman–Crippen MR) is 35.8 cm³/mol. The highest BCUT2D eigenvalue weighted by molar-refractivity contribution is 4.94. The predicted octanol–water partition coefficient (Wildman–Crippen LogP) is 1.62. The van der Waals surface area contributed by atoms with Gasteiger partial charge >= 0.3 is 0 Å². The normalized spacial score (nSPS) is 43.1. The maximum Gasteiger partial charge on any atom is -0.0300 e. The molecule has 0 bridgehead atoms. The van der Waals surface area contributed by atoms with Crippen molar-refractivity contribution in [1.29, 1.82) is 0 Å². The van der Waals surface area contributed by atoms with E-state index in [1.165, 1.54) is 12.8 Å². The average molecular weight is 116 g/mol. The van der Waals surface area contributed by atoms with Gasteiger partial charge in [0.15, 0.2) is 0 Å². The average Bonchev–Trinajstić information content (AvgIpc) is 2.18. The van der Waals surface area contributed by atoms with E-state index < -0.39 is 0 Å². The molecule has 1 heteroatoms. The molecule has 0 aromatic carbocycles. The van der Waals surface area contributed by atoms with Crippen LogP contribution in [0.5, 0.6) is 0 Å². The molecule has 0 spiro atoms. The van der Waals surface area contributed by atoms with E-state index in [-0.39, 0.29) is 5.48 Å². The Labute approximate surface area is 51.4 Å². The van der Waals surface area contributed by atoms with E-state index in [0.29, 0.717) is 0 Å². The second kappa shape index (κ2) is 2.06. The Kier molecular flexibility index (Phi) is 2.05. The minimum absolute atomic E-state index is 0. The van der Waals surface area contributed by atoms with Crippen LogP contribution in [0.3, 0.4) is 0 Å². The summed E-state index contributed by atoms with van der Waals surface area (Å²) in [5.41, 5.74) is 0.750. The Hall–Kier alpha value is -0.0400. The van der Waals surface area contributed by atoms with Gasteiger partial charge in [0.2, 0.25) is 0 Å². The maximum absolute atomic E-state index is 2.37. The zero-order valence-corrected chi connectivity index (χ0v) is 5.99. The quantitative estimate of drug-likeness (QED) is 0.498. The molecule has 0 amide bonds. The van der Waals surface area contributed by atoms with Gasteiger partial charge in [-0.1, -0.05) is 27.2 Å². The first-order valence-electron chi connectivity index (χ1n) is 3.19. The van der Waals surface area contributed by atoms with Gasteiger partial charge in [-0.25, -0.2) is 0 Å². The van der Waals surface area contributed by atoms with Crippen molar-refractivity contribution in [2.45, 2.75) is 33.6 Å². The van der Waals surface area contributed by atoms with Gasteiger partial charge < -0.3 is 5.48 Å². The second-order valence-corrected chi connectivity index (χ2v) is 3.11. The second-order valence-electron chi connectivity index (χ2n) is 3.11. The SMILES string of the molecule is CCC1(C)CC1C.O. The molecular formula is C7H16O. The Morgan fingerprint density at radius 3 is 2.00 bits per heavy atom. The molecule has 2 unspecified atom stereocenters. The fourth-order valence-electron chi connectivity index (χ4n) is 1.13. The van der Waals surface area contributed by atoms with Crippen LogP contribution in [0.4, 0.5) is 0 Å². The summed E-state index contributed by atoms with van der Waals surface area (Å²) in [7, 11) is 0. The van der Waals surface area contributed by atoms with Crippen molar-refractivity contribution >= 4 is 0 Å². The van der Waals surface area contributed by atoms with Crippen molar-refractivity contribution in [2.24, 2.45) is 11.3 Å². The highest BCUT2D eigenvalue weighted by Gasteiger charge is 2.44. The zero-order chi connectivity index (χ0) is 5.49. The Balaban J connectivity index is 0.000000490. The third kappa shape index (κ3) is 1.03. The molecule has 1 nitrogen and oxygen atoms in total. The molecule has 0 aromatic heterocycles. The van der Waals surface area contributed by atoms with Gasteiger partial charge in [-0.3, -0.25) is 0 Å². The minimum Gasteiger partial charge on any atom is -0.412 e. The number of hydrogen-bond acceptors (Lipinski definition) is 0. The third-order valence-corrected chi connectivity index (χ3v) is 2.61. The van der Waals surface area contributed by atoms with Crippen LogP contribution in [0.1, 0.15) is 33.6 Å². The molecule has 0 aromatic rings. The summed E-state index contributed by atoms with van der Waals surface area (Å²) < 4.78 is 0. The van der Waals surface area contributed by atoms with E-state index in [4.69, 9.17) is 0 Å². The lowest BCUT2D eigenvalue weighted by molar-refractivity contribution is 0.502. The Bertz CT molecular complexity index is 76.5. The summed E-state index contributed by atoms with van der Waals surface area (Å²) in [5, 5.41) is 0. The van der Waals surface area contributed by atoms with Gasteiger partial charge in [-0.2, -0.15) is 0 Å². The Morgan fingerprint density at radius 2 is 2.00 bits per heavy atom. The van der Waals surface area contributed by atoms with Crippen LogP contribution in [0.25, 0.3) is 0 Å². The van der Waals surface area contributed by atoms with Gasteiger partial charge in [0, 0.05) is 0 Å². The topological polar surface area (TPSA) is 31.5 Å². The summed E-state index contributed by atoms with van der Waals surface area (Å²) in [5.74, 6) is 1.01. The van der Waals surface area contributed by atoms with E-state index in [2.05, 4.69) is 20.8 Å². The van der Waals surface area contributed by atoms with Crippen molar-refractivity contribution in [3.8, 4) is 0 Å². The summed E-state index contributed by atoms with van der Waals surface area (Å²) in [6.07, 6.45) is 2.83. The molecule has 50 valence electrons. The molecular weight excluding hydrogens is 100 g/mol. The van der Waals surface area contributed by atoms with Gasteiger partial charge in [0.25, 0.3) is 0 Å². The van der Waals surface area contributed by atoms with E-state index in [9.17, 15) is 0 Å². The van der Waals surface area contributed by atoms with Crippen molar-refractivity contribution < 1.29 is 5.48 Å². The van der Waals surface area contributed by atoms with Gasteiger partial charge in [-0.05, 0) is 17.8 Å². The van der Waals surface area contributed by atoms with Crippen molar-refractivity contribution in [3.05, 3.63) is 0 Å². The van der Waals surface area contributed by atoms with Crippen molar-refractivity contribution in [1.82, 2.24) is 0 Å². The highest BCUT2D eigenvalue weighted by atomic mass is 16.0. The first-order chi connectivity index (χ1) is 3.19. The van der Waals surface area contributed by atoms with Crippen LogP contribution < -0.4 is 0 Å². The standard InChI is InChI=1S/C7H14.H2O/c1-4-7(3)5-6(7)2;/h6H,4-5H2,1-3H3;1H2. The van der Waals surface area contributed by atoms with Crippen molar-refractivity contribution in [2.75, 3.05) is 0 Å². The molecule has 0 heterocycles. The summed E-state index contributed by atoms with van der Waals surface area (Å²) in [4.78, 5) is 0. The molecule has 8 heavy (non-hydrogen) atoms. The van der Waals surface area contributed by atoms with Gasteiger partial charge in [0.1, 0.15) is 0 Å². The maximum atomic E-state index is 2.37. The van der Waals surface area contributed by atoms with E-state index in [0.717, 1.165) is 11.3 Å². The molecule has 0 aliphatic heterocycles. The smallest absolute Gasteiger partial charge is 0.0300 e. The largest absolute Gasteiger partial charge is 0.412 e. The first kappa shape index (κ1) is 7.96. The minimum atomic E-state index is 0. The van der Waals surface area contributed by atoms with E-state index >= 15 is 0 Å². The molecule has 1 fully saturated rings. The lowest BCUT2D eigenvalue weighted by atomic mass is 10.0. The molecule has 2 atom stereocenters. The zero-order valence-electron chi connectivity index (χ0n) is 5.99. The van der Waals surface area contributed by atoms with Crippen LogP contribution in [0, 0.1) is 11.3 Å². The first-order valence-corrected chi connectivity index (χ1v) is 3.19. The molecule has 0 radical (unpaired) electrons. The van der Waals surface area contributed by atoms with Gasteiger partial charge in [0.05, 0.1) is 0 Å². The summed E-state index contributed by atoms with van der Waals surface area (Å²) in [6.45, 7) is 6.99. The molecule has 1 saturated carbocycles. The lowest BCUT2D eigenvalue weighted by Crippen LogP contribution is -1.90. The molecule has 1 rings (SSSR count). The van der Waals surface area contributed by atoms with Crippen LogP contribution in [-0.2, 0) is 0 Å². The summed E-state index contributed by atoms with van der Waals surface area (Å²) in [6, 6.07) is 0. The van der Waals surface area contributed by atoms with Crippen LogP contribution in [0.2, 0.25) is 0 Å². The van der Waals surface area contributed by atoms with Crippen LogP contribution in [0.15, 0.2) is 0 Å². The lowest BCUT2D eigenvalue weighted by Gasteiger charge is -2.00. The molecule has 1 aliphatic carbocycles. The van der Waals surface area contributed by atoms with Crippen molar-refractivity contribution in [3.63, 3.8) is 0 Å². The fourth-order valence-corrected chi connectivity index (χ4v) is 1.13. The monoisotopic (exact) mass is 116 g/mol. The number of hydrogen-bond donors (Lipinski definition) is 0. The third-order valence-electron chi connectivity index (χ3n) is 2.61. The number of rotatable bonds is 1. The van der Waals surface area contributed by atoms with Crippen LogP contribution >= 0.6 is 0 Å².